The third-order valence-electron chi connectivity index (χ3n) is 5.41. The van der Waals surface area contributed by atoms with Gasteiger partial charge < -0.3 is 25.2 Å². The van der Waals surface area contributed by atoms with Crippen LogP contribution in [-0.4, -0.2) is 57.7 Å². The lowest BCUT2D eigenvalue weighted by atomic mass is 10.1. The molecule has 0 aliphatic heterocycles. The molecule has 0 radical (unpaired) electrons. The Kier molecular flexibility index (Phi) is 8.39. The van der Waals surface area contributed by atoms with Crippen molar-refractivity contribution in [1.82, 2.24) is 15.3 Å². The number of rotatable bonds is 12. The topological polar surface area (TPSA) is 162 Å². The molecule has 3 aromatic rings. The van der Waals surface area contributed by atoms with E-state index in [1.807, 2.05) is 11.0 Å². The quantitative estimate of drug-likeness (QED) is 0.276. The largest absolute Gasteiger partial charge is 0.481 e. The van der Waals surface area contributed by atoms with Gasteiger partial charge in [0.1, 0.15) is 6.04 Å². The lowest BCUT2D eigenvalue weighted by molar-refractivity contribution is -0.140. The first kappa shape index (κ1) is 25.9. The lowest BCUT2D eigenvalue weighted by Crippen LogP contribution is -2.41. The molecule has 0 saturated carbocycles. The number of carbonyl (C=O) groups is 3. The number of H-pyrrole nitrogens is 1. The number of aliphatic carboxylic acids is 2. The molecule has 1 aromatic heterocycles. The molecule has 188 valence electrons. The average Bonchev–Trinajstić information content (AvgIpc) is 2.86. The van der Waals surface area contributed by atoms with Gasteiger partial charge >= 0.3 is 11.9 Å². The van der Waals surface area contributed by atoms with Gasteiger partial charge in [-0.1, -0.05) is 12.1 Å². The minimum atomic E-state index is -1.31. The average molecular weight is 495 g/mol. The molecule has 1 amide bonds. The predicted molar refractivity (Wildman–Crippen MR) is 132 cm³/mol. The second kappa shape index (κ2) is 11.6. The van der Waals surface area contributed by atoms with Crippen LogP contribution in [0.4, 0.5) is 5.69 Å². The van der Waals surface area contributed by atoms with Crippen molar-refractivity contribution in [3.05, 3.63) is 76.6 Å². The first-order valence-electron chi connectivity index (χ1n) is 11.0. The van der Waals surface area contributed by atoms with E-state index in [2.05, 4.69) is 21.9 Å². The molecule has 4 N–H and O–H groups in total. The smallest absolute Gasteiger partial charge is 0.326 e. The van der Waals surface area contributed by atoms with Crippen molar-refractivity contribution in [2.45, 2.75) is 25.4 Å². The van der Waals surface area contributed by atoms with Gasteiger partial charge in [-0.15, -0.1) is 6.58 Å². The zero-order valence-corrected chi connectivity index (χ0v) is 19.6. The summed E-state index contributed by atoms with van der Waals surface area (Å²) in [6.45, 7) is 4.72. The maximum atomic E-state index is 12.5. The Bertz CT molecular complexity index is 1330. The Hall–Kier alpha value is -4.67. The van der Waals surface area contributed by atoms with Crippen LogP contribution in [0.25, 0.3) is 10.9 Å². The van der Waals surface area contributed by atoms with Gasteiger partial charge in [0.2, 0.25) is 0 Å². The van der Waals surface area contributed by atoms with Crippen molar-refractivity contribution in [3.8, 4) is 6.01 Å². The number of nitrogens with one attached hydrogen (secondary N) is 2. The number of methoxy groups -OCH3 is 1. The number of benzene rings is 2. The molecule has 1 atom stereocenters. The zero-order chi connectivity index (χ0) is 26.2. The van der Waals surface area contributed by atoms with Crippen molar-refractivity contribution in [2.24, 2.45) is 0 Å². The molecule has 0 spiro atoms. The van der Waals surface area contributed by atoms with Gasteiger partial charge in [-0.3, -0.25) is 19.4 Å². The summed E-state index contributed by atoms with van der Waals surface area (Å²) in [5.74, 6) is -3.07. The second-order valence-corrected chi connectivity index (χ2v) is 7.94. The van der Waals surface area contributed by atoms with Crippen LogP contribution in [0.2, 0.25) is 0 Å². The number of aromatic amines is 1. The van der Waals surface area contributed by atoms with Crippen molar-refractivity contribution < 1.29 is 29.3 Å². The minimum absolute atomic E-state index is 0.134. The van der Waals surface area contributed by atoms with E-state index in [9.17, 15) is 24.3 Å². The molecule has 3 rings (SSSR count). The summed E-state index contributed by atoms with van der Waals surface area (Å²) in [6.07, 6.45) is 1.12. The highest BCUT2D eigenvalue weighted by Crippen LogP contribution is 2.20. The summed E-state index contributed by atoms with van der Waals surface area (Å²) in [5.41, 5.74) is 2.05. The highest BCUT2D eigenvalue weighted by Gasteiger charge is 2.21. The zero-order valence-electron chi connectivity index (χ0n) is 19.6. The molecule has 0 fully saturated rings. The number of anilines is 1. The molecule has 0 bridgehead atoms. The molecule has 0 aliphatic rings. The van der Waals surface area contributed by atoms with Crippen LogP contribution in [0, 0.1) is 0 Å². The number of aromatic nitrogens is 2. The van der Waals surface area contributed by atoms with E-state index in [1.165, 1.54) is 7.11 Å². The molecular weight excluding hydrogens is 468 g/mol. The summed E-state index contributed by atoms with van der Waals surface area (Å²) in [6, 6.07) is 10.7. The van der Waals surface area contributed by atoms with Gasteiger partial charge in [0.15, 0.2) is 0 Å². The molecule has 2 aromatic carbocycles. The van der Waals surface area contributed by atoms with E-state index in [-0.39, 0.29) is 30.0 Å². The van der Waals surface area contributed by atoms with Crippen molar-refractivity contribution >= 4 is 34.4 Å². The van der Waals surface area contributed by atoms with E-state index < -0.39 is 23.9 Å². The molecule has 1 heterocycles. The highest BCUT2D eigenvalue weighted by atomic mass is 16.5. The van der Waals surface area contributed by atoms with E-state index in [1.54, 1.807) is 42.5 Å². The Morgan fingerprint density at radius 2 is 1.92 bits per heavy atom. The van der Waals surface area contributed by atoms with Gasteiger partial charge in [0.25, 0.3) is 17.5 Å². The van der Waals surface area contributed by atoms with Gasteiger partial charge in [-0.25, -0.2) is 4.79 Å². The van der Waals surface area contributed by atoms with Crippen LogP contribution in [0.3, 0.4) is 0 Å². The summed E-state index contributed by atoms with van der Waals surface area (Å²) < 4.78 is 5.00. The summed E-state index contributed by atoms with van der Waals surface area (Å²) in [7, 11) is 1.42. The molecular formula is C25H26N4O7. The molecule has 36 heavy (non-hydrogen) atoms. The first-order chi connectivity index (χ1) is 17.2. The van der Waals surface area contributed by atoms with Crippen LogP contribution in [-0.2, 0) is 16.1 Å². The Labute approximate surface area is 206 Å². The molecule has 0 saturated heterocycles. The van der Waals surface area contributed by atoms with Crippen LogP contribution in [0.15, 0.2) is 59.9 Å². The Balaban J connectivity index is 1.76. The summed E-state index contributed by atoms with van der Waals surface area (Å²) in [4.78, 5) is 55.7. The Morgan fingerprint density at radius 3 is 2.53 bits per heavy atom. The highest BCUT2D eigenvalue weighted by molar-refractivity contribution is 5.97. The summed E-state index contributed by atoms with van der Waals surface area (Å²) >= 11 is 0. The fourth-order valence-corrected chi connectivity index (χ4v) is 3.59. The SMILES string of the molecule is C=CCN(Cc1ccc2nc(OC)[nH]c(=O)c2c1)c1ccc(C(=O)NC(CCC(=O)O)C(=O)O)cc1. The van der Waals surface area contributed by atoms with E-state index in [0.29, 0.717) is 24.0 Å². The van der Waals surface area contributed by atoms with E-state index in [0.717, 1.165) is 11.3 Å². The number of carboxylic acid groups (broad SMARTS) is 2. The fraction of sp³-hybridized carbons (Fsp3) is 0.240. The fourth-order valence-electron chi connectivity index (χ4n) is 3.59. The molecule has 11 heteroatoms. The summed E-state index contributed by atoms with van der Waals surface area (Å²) in [5, 5.41) is 20.8. The van der Waals surface area contributed by atoms with Crippen LogP contribution >= 0.6 is 0 Å². The minimum Gasteiger partial charge on any atom is -0.481 e. The normalized spacial score (nSPS) is 11.5. The number of fused-ring (bicyclic) bond motifs is 1. The predicted octanol–water partition coefficient (Wildman–Crippen LogP) is 2.17. The van der Waals surface area contributed by atoms with Gasteiger partial charge in [-0.2, -0.15) is 4.98 Å². The van der Waals surface area contributed by atoms with Crippen molar-refractivity contribution in [1.29, 1.82) is 0 Å². The number of carboxylic acids is 2. The number of carbonyl (C=O) groups excluding carboxylic acids is 1. The van der Waals surface area contributed by atoms with Gasteiger partial charge in [0.05, 0.1) is 18.0 Å². The van der Waals surface area contributed by atoms with E-state index >= 15 is 0 Å². The molecule has 0 aliphatic carbocycles. The molecule has 1 unspecified atom stereocenters. The maximum absolute atomic E-state index is 12.5. The lowest BCUT2D eigenvalue weighted by Gasteiger charge is -2.24. The number of hydrogen-bond donors (Lipinski definition) is 4. The maximum Gasteiger partial charge on any atom is 0.326 e. The van der Waals surface area contributed by atoms with E-state index in [4.69, 9.17) is 9.84 Å². The van der Waals surface area contributed by atoms with Gasteiger partial charge in [0, 0.05) is 30.8 Å². The first-order valence-corrected chi connectivity index (χ1v) is 11.0. The van der Waals surface area contributed by atoms with Crippen LogP contribution in [0.1, 0.15) is 28.8 Å². The second-order valence-electron chi connectivity index (χ2n) is 7.94. The van der Waals surface area contributed by atoms with Crippen molar-refractivity contribution in [2.75, 3.05) is 18.6 Å². The molecule has 11 nitrogen and oxygen atoms in total. The van der Waals surface area contributed by atoms with Gasteiger partial charge in [-0.05, 0) is 48.4 Å². The van der Waals surface area contributed by atoms with Crippen LogP contribution in [0.5, 0.6) is 6.01 Å². The monoisotopic (exact) mass is 494 g/mol. The van der Waals surface area contributed by atoms with Crippen LogP contribution < -0.4 is 20.5 Å². The van der Waals surface area contributed by atoms with Crippen molar-refractivity contribution in [3.63, 3.8) is 0 Å². The third-order valence-corrected chi connectivity index (χ3v) is 5.41. The standard InChI is InChI=1S/C25H26N4O7/c1-3-12-29(14-15-4-9-19-18(13-15)23(33)28-25(27-19)36-2)17-7-5-16(6-8-17)22(32)26-20(24(34)35)10-11-21(30)31/h3-9,13,20H,1,10-12,14H2,2H3,(H,26,32)(H,30,31)(H,34,35)(H,27,28,33). The number of hydrogen-bond acceptors (Lipinski definition) is 7. The Morgan fingerprint density at radius 1 is 1.19 bits per heavy atom. The third kappa shape index (κ3) is 6.47. The number of nitrogens with zero attached hydrogens (tertiary/aromatic N) is 2. The number of ether oxygens (including phenoxy) is 1. The number of amides is 1.